The molecule has 0 aliphatic carbocycles. The number of benzene rings is 7. The third kappa shape index (κ3) is 9.42. The minimum absolute atomic E-state index is 0.0332. The molecule has 0 aliphatic heterocycles. The molecule has 7 aromatic carbocycles. The normalized spacial score (nSPS) is 15.0. The van der Waals surface area contributed by atoms with E-state index in [1.807, 2.05) is 30.3 Å². The Kier molecular flexibility index (Phi) is 9.36. The predicted molar refractivity (Wildman–Crippen MR) is 293 cm³/mol. The van der Waals surface area contributed by atoms with E-state index in [1.54, 1.807) is 24.4 Å². The molecule has 0 fully saturated rings. The van der Waals surface area contributed by atoms with Crippen molar-refractivity contribution in [1.82, 2.24) is 14.5 Å². The summed E-state index contributed by atoms with van der Waals surface area (Å²) in [4.78, 5) is 10.5. The van der Waals surface area contributed by atoms with Crippen LogP contribution in [-0.4, -0.2) is 19.6 Å². The fourth-order valence-electron chi connectivity index (χ4n) is 9.20. The lowest BCUT2D eigenvalue weighted by Gasteiger charge is -2.27. The monoisotopic (exact) mass is 915 g/mol. The van der Waals surface area contributed by atoms with Crippen molar-refractivity contribution in [2.45, 2.75) is 111 Å². The quantitative estimate of drug-likeness (QED) is 0.173. The minimum atomic E-state index is -3.38. The smallest absolute Gasteiger partial charge is 0.149 e. The second kappa shape index (κ2) is 17.5. The molecule has 0 spiro atoms. The molecule has 0 atom stereocenters. The van der Waals surface area contributed by atoms with Gasteiger partial charge in [-0.15, -0.1) is 0 Å². The molecule has 2 aromatic heterocycles. The van der Waals surface area contributed by atoms with Crippen LogP contribution in [-0.2, 0) is 21.7 Å². The van der Waals surface area contributed by atoms with Crippen molar-refractivity contribution in [3.8, 4) is 78.6 Å². The Hall–Kier alpha value is -7.04. The maximum atomic E-state index is 12.6. The zero-order chi connectivity index (χ0) is 56.7. The van der Waals surface area contributed by atoms with Crippen molar-refractivity contribution in [3.63, 3.8) is 0 Å². The molecule has 0 bridgehead atoms. The highest BCUT2D eigenvalue weighted by Gasteiger charge is 2.29. The van der Waals surface area contributed by atoms with Gasteiger partial charge in [0.2, 0.25) is 0 Å². The van der Waals surface area contributed by atoms with Gasteiger partial charge in [-0.05, 0) is 133 Å². The lowest BCUT2D eigenvalue weighted by molar-refractivity contribution is 0.446. The fraction of sp³-hybridized carbons (Fsp3) is 0.262. The first kappa shape index (κ1) is 36.9. The minimum Gasteiger partial charge on any atom is -0.507 e. The van der Waals surface area contributed by atoms with Crippen LogP contribution in [0.5, 0.6) is 5.75 Å². The van der Waals surface area contributed by atoms with E-state index in [0.717, 1.165) is 72.4 Å². The van der Waals surface area contributed by atoms with Crippen LogP contribution in [0.1, 0.15) is 123 Å². The molecule has 0 aliphatic rings. The summed E-state index contributed by atoms with van der Waals surface area (Å²) in [5.41, 5.74) is 11.6. The zero-order valence-electron chi connectivity index (χ0n) is 50.4. The summed E-state index contributed by atoms with van der Waals surface area (Å²) in [6.45, 7) is 11.5. The summed E-state index contributed by atoms with van der Waals surface area (Å²) in [7, 11) is 0. The van der Waals surface area contributed by atoms with Crippen LogP contribution >= 0.6 is 0 Å². The Labute approximate surface area is 423 Å². The number of aromatic nitrogens is 3. The number of phenolic OH excluding ortho intramolecular Hbond substituents is 1. The first-order chi connectivity index (χ1) is 36.3. The van der Waals surface area contributed by atoms with E-state index in [2.05, 4.69) is 171 Å². The molecule has 69 heavy (non-hydrogen) atoms. The Balaban J connectivity index is 1.28. The van der Waals surface area contributed by atoms with Crippen LogP contribution in [0.3, 0.4) is 0 Å². The Bertz CT molecular complexity index is 3660. The molecule has 4 nitrogen and oxygen atoms in total. The number of imidazole rings is 1. The van der Waals surface area contributed by atoms with E-state index in [1.165, 1.54) is 17.7 Å². The Morgan fingerprint density at radius 3 is 1.74 bits per heavy atom. The summed E-state index contributed by atoms with van der Waals surface area (Å²) in [5.74, 6) is 0.772. The van der Waals surface area contributed by atoms with Gasteiger partial charge in [0, 0.05) is 40.8 Å². The molecule has 2 heterocycles. The standard InChI is InChI=1S/C65H67N3O/c1-41-22-31-57(53(34-41)44-25-29-50(30-26-44)63(5,6)7)68-58-21-17-20-52(59(58)67-61(68)54-39-51(64(8,9)10)40-55(60(54)69)65(11,12)13)47-35-46(42-18-15-14-16-19-42)36-48(37-47)56-38-45(32-33-66-56)43-23-27-49(28-24-43)62(2,3)4/h14-40,69H,1-13H3/i2D3,3D3,4D3. The van der Waals surface area contributed by atoms with Gasteiger partial charge in [-0.1, -0.05) is 192 Å². The molecule has 9 aromatic rings. The van der Waals surface area contributed by atoms with Gasteiger partial charge in [0.1, 0.15) is 11.6 Å². The van der Waals surface area contributed by atoms with Gasteiger partial charge in [-0.25, -0.2) is 4.98 Å². The molecular weight excluding hydrogens is 839 g/mol. The average molecular weight is 915 g/mol. The highest BCUT2D eigenvalue weighted by Crippen LogP contribution is 2.46. The summed E-state index contributed by atoms with van der Waals surface area (Å²) < 4.78 is 76.4. The number of aryl methyl sites for hydroxylation is 1. The van der Waals surface area contributed by atoms with Gasteiger partial charge in [-0.2, -0.15) is 0 Å². The molecule has 9 rings (SSSR count). The number of pyridine rings is 1. The number of rotatable bonds is 7. The number of para-hydroxylation sites is 1. The fourth-order valence-corrected chi connectivity index (χ4v) is 9.20. The molecule has 0 saturated heterocycles. The maximum absolute atomic E-state index is 12.6. The van der Waals surface area contributed by atoms with E-state index in [-0.39, 0.29) is 22.1 Å². The van der Waals surface area contributed by atoms with Crippen molar-refractivity contribution in [3.05, 3.63) is 192 Å². The van der Waals surface area contributed by atoms with Gasteiger partial charge in [0.15, 0.2) is 0 Å². The van der Waals surface area contributed by atoms with Crippen LogP contribution in [0.25, 0.3) is 83.9 Å². The zero-order valence-corrected chi connectivity index (χ0v) is 41.4. The van der Waals surface area contributed by atoms with E-state index < -0.39 is 31.4 Å². The SMILES string of the molecule is [2H]C([2H])([2H])C(c1ccc(-c2ccnc(-c3cc(-c4ccccc4)cc(-c4cccc5c4nc(-c4cc(C(C)(C)C)cc(C(C)(C)C)c4O)n5-c4ccc(C)cc4-c4ccc(C(C)(C)C)cc4)c3)c2)cc1)(C([2H])([2H])[2H])C([2H])([2H])[2H]. The second-order valence-electron chi connectivity index (χ2n) is 21.6. The van der Waals surface area contributed by atoms with E-state index in [0.29, 0.717) is 28.2 Å². The van der Waals surface area contributed by atoms with E-state index >= 15 is 0 Å². The van der Waals surface area contributed by atoms with Crippen molar-refractivity contribution in [2.75, 3.05) is 0 Å². The van der Waals surface area contributed by atoms with Gasteiger partial charge >= 0.3 is 0 Å². The summed E-state index contributed by atoms with van der Waals surface area (Å²) in [5, 5.41) is 12.6. The van der Waals surface area contributed by atoms with Crippen molar-refractivity contribution in [1.29, 1.82) is 0 Å². The van der Waals surface area contributed by atoms with Crippen LogP contribution in [0.4, 0.5) is 0 Å². The van der Waals surface area contributed by atoms with E-state index in [9.17, 15) is 5.11 Å². The number of aromatic hydroxyl groups is 1. The Morgan fingerprint density at radius 1 is 0.464 bits per heavy atom. The maximum Gasteiger partial charge on any atom is 0.149 e. The highest BCUT2D eigenvalue weighted by molar-refractivity contribution is 5.98. The molecule has 348 valence electrons. The van der Waals surface area contributed by atoms with Crippen molar-refractivity contribution in [2.24, 2.45) is 0 Å². The predicted octanol–water partition coefficient (Wildman–Crippen LogP) is 17.6. The first-order valence-electron chi connectivity index (χ1n) is 28.2. The number of hydrogen-bond donors (Lipinski definition) is 1. The largest absolute Gasteiger partial charge is 0.507 e. The van der Waals surface area contributed by atoms with Gasteiger partial charge in [0.05, 0.1) is 28.0 Å². The van der Waals surface area contributed by atoms with E-state index in [4.69, 9.17) is 22.3 Å². The van der Waals surface area contributed by atoms with Crippen LogP contribution < -0.4 is 0 Å². The molecular formula is C65H67N3O. The number of nitrogens with zero attached hydrogens (tertiary/aromatic N) is 3. The molecule has 1 N–H and O–H groups in total. The van der Waals surface area contributed by atoms with Crippen molar-refractivity contribution < 1.29 is 17.4 Å². The number of hydrogen-bond acceptors (Lipinski definition) is 3. The van der Waals surface area contributed by atoms with Crippen LogP contribution in [0.15, 0.2) is 164 Å². The summed E-state index contributed by atoms with van der Waals surface area (Å²) in [6.07, 6.45) is 1.68. The number of fused-ring (bicyclic) bond motifs is 1. The van der Waals surface area contributed by atoms with Gasteiger partial charge < -0.3 is 5.11 Å². The molecule has 0 saturated carbocycles. The second-order valence-corrected chi connectivity index (χ2v) is 21.6. The van der Waals surface area contributed by atoms with Crippen LogP contribution in [0.2, 0.25) is 0 Å². The highest BCUT2D eigenvalue weighted by atomic mass is 16.3. The molecule has 0 amide bonds. The van der Waals surface area contributed by atoms with Gasteiger partial charge in [-0.3, -0.25) is 9.55 Å². The third-order valence-electron chi connectivity index (χ3n) is 13.2. The average Bonchev–Trinajstić information content (AvgIpc) is 3.47. The Morgan fingerprint density at radius 2 is 1.09 bits per heavy atom. The molecule has 4 heteroatoms. The lowest BCUT2D eigenvalue weighted by atomic mass is 9.79. The lowest BCUT2D eigenvalue weighted by Crippen LogP contribution is -2.17. The first-order valence-corrected chi connectivity index (χ1v) is 23.7. The topological polar surface area (TPSA) is 50.9 Å². The molecule has 0 unspecified atom stereocenters. The van der Waals surface area contributed by atoms with Crippen molar-refractivity contribution >= 4 is 11.0 Å². The third-order valence-corrected chi connectivity index (χ3v) is 13.2. The summed E-state index contributed by atoms with van der Waals surface area (Å²) >= 11 is 0. The number of phenols is 1. The van der Waals surface area contributed by atoms with Gasteiger partial charge in [0.25, 0.3) is 0 Å². The molecule has 0 radical (unpaired) electrons. The summed E-state index contributed by atoms with van der Waals surface area (Å²) in [6, 6.07) is 51.6. The van der Waals surface area contributed by atoms with Crippen LogP contribution in [0, 0.1) is 6.92 Å².